The summed E-state index contributed by atoms with van der Waals surface area (Å²) < 4.78 is 0.945. The first-order valence-electron chi connectivity index (χ1n) is 3.32. The third-order valence-corrected chi connectivity index (χ3v) is 1.99. The Morgan fingerprint density at radius 2 is 1.58 bits per heavy atom. The van der Waals surface area contributed by atoms with Gasteiger partial charge in [-0.1, -0.05) is 28.1 Å². The summed E-state index contributed by atoms with van der Waals surface area (Å²) in [6.45, 7) is 0. The van der Waals surface area contributed by atoms with Gasteiger partial charge in [-0.3, -0.25) is 0 Å². The third-order valence-electron chi connectivity index (χ3n) is 1.46. The van der Waals surface area contributed by atoms with Crippen molar-refractivity contribution in [3.8, 4) is 12.1 Å². The average molecular weight is 221 g/mol. The molecule has 0 aliphatic rings. The molecule has 3 heteroatoms. The van der Waals surface area contributed by atoms with Crippen molar-refractivity contribution in [2.45, 2.75) is 5.92 Å². The van der Waals surface area contributed by atoms with Crippen molar-refractivity contribution in [3.63, 3.8) is 0 Å². The third kappa shape index (κ3) is 1.84. The van der Waals surface area contributed by atoms with Gasteiger partial charge in [-0.25, -0.2) is 0 Å². The molecular formula is C9H5BrN2. The molecule has 0 unspecified atom stereocenters. The summed E-state index contributed by atoms with van der Waals surface area (Å²) in [4.78, 5) is 0. The summed E-state index contributed by atoms with van der Waals surface area (Å²) in [6, 6.07) is 11.0. The van der Waals surface area contributed by atoms with E-state index in [1.807, 2.05) is 24.3 Å². The molecule has 0 saturated carbocycles. The van der Waals surface area contributed by atoms with E-state index >= 15 is 0 Å². The van der Waals surface area contributed by atoms with Crippen molar-refractivity contribution in [2.24, 2.45) is 0 Å². The van der Waals surface area contributed by atoms with Crippen LogP contribution in [0.4, 0.5) is 0 Å². The highest BCUT2D eigenvalue weighted by Gasteiger charge is 2.07. The van der Waals surface area contributed by atoms with Crippen LogP contribution in [0.15, 0.2) is 28.7 Å². The molecule has 0 aliphatic carbocycles. The molecule has 1 rings (SSSR count). The predicted octanol–water partition coefficient (Wildman–Crippen LogP) is 2.58. The van der Waals surface area contributed by atoms with Crippen molar-refractivity contribution >= 4 is 15.9 Å². The van der Waals surface area contributed by atoms with E-state index in [2.05, 4.69) is 15.9 Å². The second-order valence-electron chi connectivity index (χ2n) is 2.24. The zero-order chi connectivity index (χ0) is 8.97. The molecule has 0 radical (unpaired) electrons. The van der Waals surface area contributed by atoms with Gasteiger partial charge in [0.2, 0.25) is 0 Å². The summed E-state index contributed by atoms with van der Waals surface area (Å²) in [7, 11) is 0. The topological polar surface area (TPSA) is 47.6 Å². The van der Waals surface area contributed by atoms with Crippen molar-refractivity contribution in [2.75, 3.05) is 0 Å². The minimum absolute atomic E-state index is 0.655. The number of nitrogens with zero attached hydrogens (tertiary/aromatic N) is 2. The smallest absolute Gasteiger partial charge is 0.158 e. The molecule has 1 aromatic rings. The maximum absolute atomic E-state index is 8.56. The molecule has 1 aromatic carbocycles. The van der Waals surface area contributed by atoms with Gasteiger partial charge < -0.3 is 0 Å². The Bertz CT molecular complexity index is 328. The van der Waals surface area contributed by atoms with E-state index in [9.17, 15) is 0 Å². The Morgan fingerprint density at radius 3 is 2.00 bits per heavy atom. The first-order valence-corrected chi connectivity index (χ1v) is 4.12. The van der Waals surface area contributed by atoms with Crippen LogP contribution in [-0.2, 0) is 0 Å². The summed E-state index contributed by atoms with van der Waals surface area (Å²) in [5.41, 5.74) is 0.739. The van der Waals surface area contributed by atoms with Crippen LogP contribution in [-0.4, -0.2) is 0 Å². The van der Waals surface area contributed by atoms with Crippen LogP contribution in [0.25, 0.3) is 0 Å². The molecule has 0 bridgehead atoms. The standard InChI is InChI=1S/C9H5BrN2/c10-9-3-1-7(2-4-9)8(5-11)6-12/h1-4,8H. The van der Waals surface area contributed by atoms with Gasteiger partial charge in [0.15, 0.2) is 5.92 Å². The second-order valence-corrected chi connectivity index (χ2v) is 3.16. The number of halogens is 1. The maximum Gasteiger partial charge on any atom is 0.158 e. The fraction of sp³-hybridized carbons (Fsp3) is 0.111. The van der Waals surface area contributed by atoms with Gasteiger partial charge in [-0.15, -0.1) is 0 Å². The summed E-state index contributed by atoms with van der Waals surface area (Å²) in [5, 5.41) is 17.1. The van der Waals surface area contributed by atoms with Crippen LogP contribution in [0.2, 0.25) is 0 Å². The number of benzene rings is 1. The highest BCUT2D eigenvalue weighted by Crippen LogP contribution is 2.17. The second kappa shape index (κ2) is 3.90. The molecule has 2 nitrogen and oxygen atoms in total. The first kappa shape index (κ1) is 8.77. The van der Waals surface area contributed by atoms with E-state index in [4.69, 9.17) is 10.5 Å². The van der Waals surface area contributed by atoms with Crippen LogP contribution in [0.1, 0.15) is 11.5 Å². The predicted molar refractivity (Wildman–Crippen MR) is 48.1 cm³/mol. The SMILES string of the molecule is N#CC(C#N)c1ccc(Br)cc1. The zero-order valence-electron chi connectivity index (χ0n) is 6.16. The maximum atomic E-state index is 8.56. The Labute approximate surface area is 79.2 Å². The molecular weight excluding hydrogens is 216 g/mol. The monoisotopic (exact) mass is 220 g/mol. The number of hydrogen-bond acceptors (Lipinski definition) is 2. The number of hydrogen-bond donors (Lipinski definition) is 0. The van der Waals surface area contributed by atoms with Crippen LogP contribution in [0.3, 0.4) is 0 Å². The fourth-order valence-corrected chi connectivity index (χ4v) is 1.10. The molecule has 0 aliphatic heterocycles. The van der Waals surface area contributed by atoms with Gasteiger partial charge in [0.25, 0.3) is 0 Å². The summed E-state index contributed by atoms with van der Waals surface area (Å²) in [6.07, 6.45) is 0. The van der Waals surface area contributed by atoms with Crippen LogP contribution < -0.4 is 0 Å². The molecule has 0 saturated heterocycles. The van der Waals surface area contributed by atoms with Crippen molar-refractivity contribution in [1.82, 2.24) is 0 Å². The van der Waals surface area contributed by atoms with Crippen LogP contribution >= 0.6 is 15.9 Å². The molecule has 0 atom stereocenters. The Morgan fingerprint density at radius 1 is 1.08 bits per heavy atom. The van der Waals surface area contributed by atoms with Gasteiger partial charge in [0.1, 0.15) is 0 Å². The Kier molecular flexibility index (Phi) is 2.85. The summed E-state index contributed by atoms with van der Waals surface area (Å²) in [5.74, 6) is -0.655. The molecule has 0 N–H and O–H groups in total. The number of nitriles is 2. The Hall–Kier alpha value is -1.32. The van der Waals surface area contributed by atoms with Gasteiger partial charge in [-0.2, -0.15) is 10.5 Å². The molecule has 0 amide bonds. The van der Waals surface area contributed by atoms with Gasteiger partial charge in [0.05, 0.1) is 12.1 Å². The highest BCUT2D eigenvalue weighted by atomic mass is 79.9. The lowest BCUT2D eigenvalue weighted by molar-refractivity contribution is 1.10. The Balaban J connectivity index is 2.99. The lowest BCUT2D eigenvalue weighted by Crippen LogP contribution is -1.90. The van der Waals surface area contributed by atoms with E-state index in [-0.39, 0.29) is 0 Å². The average Bonchev–Trinajstić information content (AvgIpc) is 2.10. The lowest BCUT2D eigenvalue weighted by atomic mass is 10.0. The first-order chi connectivity index (χ1) is 5.77. The van der Waals surface area contributed by atoms with E-state index in [0.29, 0.717) is 0 Å². The van der Waals surface area contributed by atoms with Crippen LogP contribution in [0, 0.1) is 22.7 Å². The molecule has 0 spiro atoms. The fourth-order valence-electron chi connectivity index (χ4n) is 0.833. The molecule has 0 heterocycles. The van der Waals surface area contributed by atoms with E-state index in [1.165, 1.54) is 0 Å². The van der Waals surface area contributed by atoms with Crippen molar-refractivity contribution < 1.29 is 0 Å². The molecule has 12 heavy (non-hydrogen) atoms. The van der Waals surface area contributed by atoms with E-state index in [1.54, 1.807) is 12.1 Å². The molecule has 0 aromatic heterocycles. The van der Waals surface area contributed by atoms with Gasteiger partial charge >= 0.3 is 0 Å². The van der Waals surface area contributed by atoms with Gasteiger partial charge in [-0.05, 0) is 17.7 Å². The normalized spacial score (nSPS) is 9.00. The lowest BCUT2D eigenvalue weighted by Gasteiger charge is -1.98. The minimum Gasteiger partial charge on any atom is -0.196 e. The quantitative estimate of drug-likeness (QED) is 0.731. The van der Waals surface area contributed by atoms with Gasteiger partial charge in [0, 0.05) is 4.47 Å². The number of rotatable bonds is 1. The van der Waals surface area contributed by atoms with E-state index in [0.717, 1.165) is 10.0 Å². The molecule has 0 fully saturated rings. The van der Waals surface area contributed by atoms with Crippen molar-refractivity contribution in [1.29, 1.82) is 10.5 Å². The van der Waals surface area contributed by atoms with E-state index < -0.39 is 5.92 Å². The largest absolute Gasteiger partial charge is 0.196 e. The highest BCUT2D eigenvalue weighted by molar-refractivity contribution is 9.10. The minimum atomic E-state index is -0.655. The molecule has 58 valence electrons. The zero-order valence-corrected chi connectivity index (χ0v) is 7.75. The van der Waals surface area contributed by atoms with Crippen LogP contribution in [0.5, 0.6) is 0 Å². The summed E-state index contributed by atoms with van der Waals surface area (Å²) >= 11 is 3.27. The van der Waals surface area contributed by atoms with Crippen molar-refractivity contribution in [3.05, 3.63) is 34.3 Å².